The average Bonchev–Trinajstić information content (AvgIpc) is 3.18. The Morgan fingerprint density at radius 3 is 2.36 bits per heavy atom. The van der Waals surface area contributed by atoms with Crippen LogP contribution in [0.15, 0.2) is 24.3 Å². The molecule has 0 spiro atoms. The van der Waals surface area contributed by atoms with E-state index in [1.54, 1.807) is 41.5 Å². The zero-order chi connectivity index (χ0) is 29.0. The highest BCUT2D eigenvalue weighted by Gasteiger charge is 2.31. The van der Waals surface area contributed by atoms with Crippen molar-refractivity contribution in [1.29, 1.82) is 0 Å². The Balaban J connectivity index is 1.83. The number of nitrogens with one attached hydrogen (secondary N) is 2. The molecule has 0 aliphatic heterocycles. The monoisotopic (exact) mass is 543 g/mol. The van der Waals surface area contributed by atoms with Crippen molar-refractivity contribution < 1.29 is 29.3 Å². The van der Waals surface area contributed by atoms with Crippen LogP contribution in [-0.2, 0) is 32.2 Å². The average molecular weight is 544 g/mol. The first kappa shape index (κ1) is 30.4. The number of aliphatic hydroxyl groups is 2. The van der Waals surface area contributed by atoms with Gasteiger partial charge in [-0.3, -0.25) is 9.59 Å². The maximum absolute atomic E-state index is 12.9. The molecule has 0 atom stereocenters. The van der Waals surface area contributed by atoms with Crippen LogP contribution < -0.4 is 10.6 Å². The van der Waals surface area contributed by atoms with Gasteiger partial charge in [-0.1, -0.05) is 18.2 Å². The SMILES string of the molecule is CCOCc1nc2c(NC(=O)CCNC(=O)C(C)(C)OCC(C)(C)O)nc3ccccc3c2n1CC(C)(C)O. The predicted octanol–water partition coefficient (Wildman–Crippen LogP) is 2.90. The molecule has 11 heteroatoms. The van der Waals surface area contributed by atoms with E-state index in [2.05, 4.69) is 15.6 Å². The fraction of sp³-hybridized carbons (Fsp3) is 0.571. The van der Waals surface area contributed by atoms with Crippen LogP contribution in [0.2, 0.25) is 0 Å². The van der Waals surface area contributed by atoms with Crippen LogP contribution in [0.1, 0.15) is 60.7 Å². The van der Waals surface area contributed by atoms with E-state index in [4.69, 9.17) is 14.5 Å². The number of hydrogen-bond acceptors (Lipinski definition) is 8. The molecule has 0 unspecified atom stereocenters. The number of benzene rings is 1. The Kier molecular flexibility index (Phi) is 9.32. The highest BCUT2D eigenvalue weighted by Crippen LogP contribution is 2.31. The maximum atomic E-state index is 12.9. The number of imidazole rings is 1. The first-order chi connectivity index (χ1) is 18.1. The second kappa shape index (κ2) is 12.0. The van der Waals surface area contributed by atoms with E-state index in [0.717, 1.165) is 10.9 Å². The van der Waals surface area contributed by atoms with Crippen LogP contribution in [-0.4, -0.2) is 73.1 Å². The van der Waals surface area contributed by atoms with Gasteiger partial charge >= 0.3 is 0 Å². The molecule has 0 aliphatic rings. The molecule has 1 aromatic carbocycles. The lowest BCUT2D eigenvalue weighted by molar-refractivity contribution is -0.150. The molecule has 2 heterocycles. The molecule has 3 aromatic rings. The molecular weight excluding hydrogens is 502 g/mol. The normalized spacial score (nSPS) is 12.7. The molecule has 214 valence electrons. The molecule has 0 fully saturated rings. The Labute approximate surface area is 228 Å². The second-order valence-electron chi connectivity index (χ2n) is 11.4. The van der Waals surface area contributed by atoms with Crippen LogP contribution in [0, 0.1) is 0 Å². The smallest absolute Gasteiger partial charge is 0.251 e. The molecule has 11 nitrogen and oxygen atoms in total. The summed E-state index contributed by atoms with van der Waals surface area (Å²) in [4.78, 5) is 34.9. The van der Waals surface area contributed by atoms with Gasteiger partial charge in [-0.15, -0.1) is 0 Å². The van der Waals surface area contributed by atoms with Crippen LogP contribution in [0.5, 0.6) is 0 Å². The fourth-order valence-corrected chi connectivity index (χ4v) is 3.95. The summed E-state index contributed by atoms with van der Waals surface area (Å²) in [5.74, 6) is 0.166. The van der Waals surface area contributed by atoms with Crippen molar-refractivity contribution in [3.8, 4) is 0 Å². The number of pyridine rings is 1. The van der Waals surface area contributed by atoms with Gasteiger partial charge < -0.3 is 34.9 Å². The van der Waals surface area contributed by atoms with Crippen molar-refractivity contribution >= 4 is 39.6 Å². The highest BCUT2D eigenvalue weighted by molar-refractivity contribution is 6.09. The van der Waals surface area contributed by atoms with Gasteiger partial charge in [0.1, 0.15) is 23.5 Å². The summed E-state index contributed by atoms with van der Waals surface area (Å²) in [6.07, 6.45) is -0.000500. The minimum Gasteiger partial charge on any atom is -0.389 e. The van der Waals surface area contributed by atoms with Crippen molar-refractivity contribution in [3.05, 3.63) is 30.1 Å². The number of anilines is 1. The van der Waals surface area contributed by atoms with Gasteiger partial charge in [0.25, 0.3) is 5.91 Å². The molecule has 4 N–H and O–H groups in total. The topological polar surface area (TPSA) is 148 Å². The third-order valence-corrected chi connectivity index (χ3v) is 5.87. The van der Waals surface area contributed by atoms with Crippen molar-refractivity contribution in [3.63, 3.8) is 0 Å². The summed E-state index contributed by atoms with van der Waals surface area (Å²) in [6.45, 7) is 12.8. The van der Waals surface area contributed by atoms with E-state index in [9.17, 15) is 19.8 Å². The number of carbonyl (C=O) groups is 2. The molecule has 0 radical (unpaired) electrons. The van der Waals surface area contributed by atoms with Crippen LogP contribution in [0.25, 0.3) is 21.9 Å². The molecule has 0 saturated carbocycles. The molecular formula is C28H41N5O6. The van der Waals surface area contributed by atoms with E-state index in [1.165, 1.54) is 0 Å². The first-order valence-electron chi connectivity index (χ1n) is 13.1. The fourth-order valence-electron chi connectivity index (χ4n) is 3.95. The van der Waals surface area contributed by atoms with Gasteiger partial charge in [0, 0.05) is 25.0 Å². The third-order valence-electron chi connectivity index (χ3n) is 5.87. The van der Waals surface area contributed by atoms with Crippen LogP contribution in [0.3, 0.4) is 0 Å². The molecule has 2 aromatic heterocycles. The largest absolute Gasteiger partial charge is 0.389 e. The lowest BCUT2D eigenvalue weighted by Gasteiger charge is -2.28. The lowest BCUT2D eigenvalue weighted by atomic mass is 10.1. The number of fused-ring (bicyclic) bond motifs is 3. The van der Waals surface area contributed by atoms with E-state index in [1.807, 2.05) is 35.8 Å². The number of para-hydroxylation sites is 1. The molecule has 0 bridgehead atoms. The van der Waals surface area contributed by atoms with Gasteiger partial charge in [0.15, 0.2) is 5.82 Å². The Bertz CT molecular complexity index is 1320. The Morgan fingerprint density at radius 2 is 1.72 bits per heavy atom. The molecule has 39 heavy (non-hydrogen) atoms. The molecule has 2 amide bonds. The molecule has 0 aliphatic carbocycles. The third kappa shape index (κ3) is 8.18. The number of carbonyl (C=O) groups excluding carboxylic acids is 2. The van der Waals surface area contributed by atoms with Gasteiger partial charge in [-0.25, -0.2) is 9.97 Å². The quantitative estimate of drug-likeness (QED) is 0.257. The summed E-state index contributed by atoms with van der Waals surface area (Å²) < 4.78 is 13.1. The van der Waals surface area contributed by atoms with Crippen molar-refractivity contribution in [1.82, 2.24) is 19.9 Å². The number of hydrogen-bond donors (Lipinski definition) is 4. The van der Waals surface area contributed by atoms with E-state index in [0.29, 0.717) is 29.3 Å². The maximum Gasteiger partial charge on any atom is 0.251 e. The van der Waals surface area contributed by atoms with Crippen molar-refractivity contribution in [2.24, 2.45) is 0 Å². The highest BCUT2D eigenvalue weighted by atomic mass is 16.5. The minimum absolute atomic E-state index is 0.000500. The van der Waals surface area contributed by atoms with Gasteiger partial charge in [0.05, 0.1) is 35.4 Å². The van der Waals surface area contributed by atoms with Crippen LogP contribution >= 0.6 is 0 Å². The van der Waals surface area contributed by atoms with Gasteiger partial charge in [0.2, 0.25) is 5.91 Å². The summed E-state index contributed by atoms with van der Waals surface area (Å²) in [5, 5.41) is 26.9. The second-order valence-corrected chi connectivity index (χ2v) is 11.4. The number of nitrogens with zero attached hydrogens (tertiary/aromatic N) is 3. The predicted molar refractivity (Wildman–Crippen MR) is 149 cm³/mol. The summed E-state index contributed by atoms with van der Waals surface area (Å²) in [6, 6.07) is 7.55. The number of ether oxygens (including phenoxy) is 2. The summed E-state index contributed by atoms with van der Waals surface area (Å²) >= 11 is 0. The molecule has 0 saturated heterocycles. The lowest BCUT2D eigenvalue weighted by Crippen LogP contribution is -2.47. The van der Waals surface area contributed by atoms with Crippen molar-refractivity contribution in [2.75, 3.05) is 25.1 Å². The number of amides is 2. The molecule has 3 rings (SSSR count). The zero-order valence-electron chi connectivity index (χ0n) is 23.9. The van der Waals surface area contributed by atoms with E-state index < -0.39 is 22.7 Å². The van der Waals surface area contributed by atoms with Crippen molar-refractivity contribution in [2.45, 2.75) is 84.8 Å². The number of rotatable bonds is 13. The first-order valence-corrected chi connectivity index (χ1v) is 13.1. The van der Waals surface area contributed by atoms with Crippen LogP contribution in [0.4, 0.5) is 5.82 Å². The van der Waals surface area contributed by atoms with E-state index >= 15 is 0 Å². The Morgan fingerprint density at radius 1 is 1.03 bits per heavy atom. The Hall–Kier alpha value is -3.12. The summed E-state index contributed by atoms with van der Waals surface area (Å²) in [7, 11) is 0. The standard InChI is InChI=1S/C28H41N5O6/c1-8-38-15-20-31-22-23(33(20)16-26(2,3)36)18-11-9-10-12-19(18)30-24(22)32-21(34)13-14-29-25(35)28(6,7)39-17-27(4,5)37/h9-12,36-37H,8,13-17H2,1-7H3,(H,29,35)(H,30,32,34). The zero-order valence-corrected chi connectivity index (χ0v) is 23.9. The van der Waals surface area contributed by atoms with Gasteiger partial charge in [-0.05, 0) is 54.5 Å². The van der Waals surface area contributed by atoms with Gasteiger partial charge in [-0.2, -0.15) is 0 Å². The number of aromatic nitrogens is 3. The summed E-state index contributed by atoms with van der Waals surface area (Å²) in [5.41, 5.74) is -1.37. The van der Waals surface area contributed by atoms with E-state index in [-0.39, 0.29) is 38.6 Å². The minimum atomic E-state index is -1.17.